The molecule has 0 spiro atoms. The van der Waals surface area contributed by atoms with Crippen LogP contribution in [0.25, 0.3) is 17.2 Å². The first-order valence-corrected chi connectivity index (χ1v) is 10.0. The molecule has 3 aromatic rings. The number of benzene rings is 1. The lowest BCUT2D eigenvalue weighted by Gasteiger charge is -2.31. The molecule has 4 rings (SSSR count). The molecule has 8 heteroatoms. The van der Waals surface area contributed by atoms with Crippen molar-refractivity contribution in [3.8, 4) is 11.1 Å². The Morgan fingerprint density at radius 1 is 1.13 bits per heavy atom. The molecule has 1 amide bonds. The van der Waals surface area contributed by atoms with Crippen LogP contribution in [0.5, 0.6) is 0 Å². The molecule has 0 aliphatic carbocycles. The number of carbonyl (C=O) groups is 1. The lowest BCUT2D eigenvalue weighted by atomic mass is 9.89. The van der Waals surface area contributed by atoms with Crippen molar-refractivity contribution >= 4 is 12.0 Å². The Labute approximate surface area is 177 Å². The van der Waals surface area contributed by atoms with E-state index in [-0.39, 0.29) is 11.8 Å². The highest BCUT2D eigenvalue weighted by Crippen LogP contribution is 2.36. The van der Waals surface area contributed by atoms with Gasteiger partial charge in [0.25, 0.3) is 0 Å². The summed E-state index contributed by atoms with van der Waals surface area (Å²) in [5.74, 6) is 0.0164. The van der Waals surface area contributed by atoms with Gasteiger partial charge < -0.3 is 4.90 Å². The van der Waals surface area contributed by atoms with Gasteiger partial charge in [0, 0.05) is 42.5 Å². The topological polar surface area (TPSA) is 61.9 Å². The van der Waals surface area contributed by atoms with Crippen LogP contribution in [0.1, 0.15) is 35.7 Å². The van der Waals surface area contributed by atoms with Gasteiger partial charge in [0.15, 0.2) is 0 Å². The summed E-state index contributed by atoms with van der Waals surface area (Å²) in [7, 11) is 0. The van der Waals surface area contributed by atoms with Crippen LogP contribution in [0.3, 0.4) is 0 Å². The predicted octanol–water partition coefficient (Wildman–Crippen LogP) is 4.91. The summed E-state index contributed by atoms with van der Waals surface area (Å²) < 4.78 is 39.3. The van der Waals surface area contributed by atoms with Crippen LogP contribution in [-0.4, -0.2) is 39.1 Å². The van der Waals surface area contributed by atoms with E-state index in [9.17, 15) is 18.0 Å². The third-order valence-corrected chi connectivity index (χ3v) is 5.47. The molecular weight excluding hydrogens is 405 g/mol. The molecule has 2 aromatic heterocycles. The molecule has 5 nitrogen and oxygen atoms in total. The first kappa shape index (κ1) is 20.8. The number of likely N-dealkylation sites (tertiary alicyclic amines) is 1. The third kappa shape index (κ3) is 4.84. The minimum absolute atomic E-state index is 0.0770. The van der Waals surface area contributed by atoms with Gasteiger partial charge in [-0.05, 0) is 48.7 Å². The van der Waals surface area contributed by atoms with E-state index in [2.05, 4.69) is 15.2 Å². The second kappa shape index (κ2) is 8.75. The van der Waals surface area contributed by atoms with Gasteiger partial charge in [0.1, 0.15) is 0 Å². The van der Waals surface area contributed by atoms with Crippen molar-refractivity contribution in [1.29, 1.82) is 0 Å². The Morgan fingerprint density at radius 2 is 1.94 bits per heavy atom. The van der Waals surface area contributed by atoms with E-state index in [0.29, 0.717) is 42.8 Å². The van der Waals surface area contributed by atoms with Crippen LogP contribution in [0.15, 0.2) is 60.9 Å². The van der Waals surface area contributed by atoms with Gasteiger partial charge in [-0.1, -0.05) is 18.2 Å². The van der Waals surface area contributed by atoms with Crippen LogP contribution >= 0.6 is 0 Å². The highest BCUT2D eigenvalue weighted by Gasteiger charge is 2.31. The smallest absolute Gasteiger partial charge is 0.339 e. The number of rotatable bonds is 4. The van der Waals surface area contributed by atoms with Crippen molar-refractivity contribution in [2.24, 2.45) is 0 Å². The Balaban J connectivity index is 1.43. The van der Waals surface area contributed by atoms with Crippen LogP contribution in [0.4, 0.5) is 13.2 Å². The fourth-order valence-electron chi connectivity index (χ4n) is 3.83. The maximum atomic E-state index is 13.1. The summed E-state index contributed by atoms with van der Waals surface area (Å²) in [4.78, 5) is 18.4. The molecule has 0 saturated carbocycles. The highest BCUT2D eigenvalue weighted by molar-refractivity contribution is 5.91. The van der Waals surface area contributed by atoms with Gasteiger partial charge >= 0.3 is 6.18 Å². The molecule has 1 fully saturated rings. The van der Waals surface area contributed by atoms with Crippen LogP contribution < -0.4 is 0 Å². The molecule has 1 aliphatic rings. The highest BCUT2D eigenvalue weighted by atomic mass is 19.4. The van der Waals surface area contributed by atoms with E-state index < -0.39 is 11.7 Å². The quantitative estimate of drug-likeness (QED) is 0.603. The second-order valence-electron chi connectivity index (χ2n) is 7.46. The molecule has 3 heterocycles. The van der Waals surface area contributed by atoms with Gasteiger partial charge in [0.2, 0.25) is 5.91 Å². The van der Waals surface area contributed by atoms with Crippen LogP contribution in [0.2, 0.25) is 0 Å². The molecule has 0 radical (unpaired) electrons. The number of nitrogens with zero attached hydrogens (tertiary/aromatic N) is 3. The number of halogens is 3. The number of piperidine rings is 1. The maximum absolute atomic E-state index is 13.1. The number of hydrogen-bond acceptors (Lipinski definition) is 3. The normalized spacial score (nSPS) is 15.5. The molecule has 1 aliphatic heterocycles. The number of nitrogens with one attached hydrogen (secondary N) is 1. The Hall–Kier alpha value is -3.42. The van der Waals surface area contributed by atoms with Crippen molar-refractivity contribution in [1.82, 2.24) is 20.1 Å². The van der Waals surface area contributed by atoms with E-state index >= 15 is 0 Å². The Morgan fingerprint density at radius 3 is 2.65 bits per heavy atom. The molecule has 0 atom stereocenters. The summed E-state index contributed by atoms with van der Waals surface area (Å²) in [5, 5.41) is 7.04. The lowest BCUT2D eigenvalue weighted by molar-refractivity contribution is -0.137. The van der Waals surface area contributed by atoms with Gasteiger partial charge in [0.05, 0.1) is 17.5 Å². The number of carbonyl (C=O) groups excluding carboxylic acids is 1. The second-order valence-corrected chi connectivity index (χ2v) is 7.46. The van der Waals surface area contributed by atoms with Crippen LogP contribution in [0, 0.1) is 0 Å². The van der Waals surface area contributed by atoms with E-state index in [1.807, 2.05) is 18.2 Å². The summed E-state index contributed by atoms with van der Waals surface area (Å²) >= 11 is 0. The molecule has 1 aromatic carbocycles. The van der Waals surface area contributed by atoms with Gasteiger partial charge in [-0.2, -0.15) is 18.3 Å². The van der Waals surface area contributed by atoms with E-state index in [1.54, 1.807) is 29.4 Å². The SMILES string of the molecule is O=C(/C=C/c1ccccn1)N1CCC(c2[nH]ncc2-c2cccc(C(F)(F)F)c2)CC1. The average Bonchev–Trinajstić information content (AvgIpc) is 3.28. The summed E-state index contributed by atoms with van der Waals surface area (Å²) in [6.45, 7) is 1.13. The number of hydrogen-bond donors (Lipinski definition) is 1. The number of aromatic amines is 1. The Kier molecular flexibility index (Phi) is 5.88. The standard InChI is InChI=1S/C23H21F3N4O/c24-23(25,26)18-5-3-4-17(14-18)20-15-28-29-22(20)16-9-12-30(13-10-16)21(31)8-7-19-6-1-2-11-27-19/h1-8,11,14-16H,9-10,12-13H2,(H,28,29)/b8-7+. The fraction of sp³-hybridized carbons (Fsp3) is 0.261. The minimum Gasteiger partial charge on any atom is -0.339 e. The van der Waals surface area contributed by atoms with Gasteiger partial charge in [-0.3, -0.25) is 14.9 Å². The Bertz CT molecular complexity index is 1070. The molecule has 1 saturated heterocycles. The largest absolute Gasteiger partial charge is 0.416 e. The van der Waals surface area contributed by atoms with E-state index in [4.69, 9.17) is 0 Å². The van der Waals surface area contributed by atoms with E-state index in [1.165, 1.54) is 12.1 Å². The number of pyridine rings is 1. The van der Waals surface area contributed by atoms with Crippen LogP contribution in [-0.2, 0) is 11.0 Å². The predicted molar refractivity (Wildman–Crippen MR) is 111 cm³/mol. The zero-order valence-electron chi connectivity index (χ0n) is 16.6. The monoisotopic (exact) mass is 426 g/mol. The van der Waals surface area contributed by atoms with E-state index in [0.717, 1.165) is 17.8 Å². The summed E-state index contributed by atoms with van der Waals surface area (Å²) in [5.41, 5.74) is 2.00. The fourth-order valence-corrected chi connectivity index (χ4v) is 3.83. The minimum atomic E-state index is -4.39. The third-order valence-electron chi connectivity index (χ3n) is 5.47. The maximum Gasteiger partial charge on any atom is 0.416 e. The summed E-state index contributed by atoms with van der Waals surface area (Å²) in [6, 6.07) is 10.8. The van der Waals surface area contributed by atoms with Crippen molar-refractivity contribution in [2.75, 3.05) is 13.1 Å². The lowest BCUT2D eigenvalue weighted by Crippen LogP contribution is -2.37. The molecule has 160 valence electrons. The molecule has 0 bridgehead atoms. The number of alkyl halides is 3. The first-order chi connectivity index (χ1) is 14.9. The van der Waals surface area contributed by atoms with Crippen molar-refractivity contribution in [2.45, 2.75) is 24.9 Å². The molecule has 1 N–H and O–H groups in total. The molecule has 0 unspecified atom stereocenters. The van der Waals surface area contributed by atoms with Gasteiger partial charge in [-0.15, -0.1) is 0 Å². The zero-order valence-corrected chi connectivity index (χ0v) is 16.6. The number of aromatic nitrogens is 3. The number of H-pyrrole nitrogens is 1. The van der Waals surface area contributed by atoms with Gasteiger partial charge in [-0.25, -0.2) is 0 Å². The van der Waals surface area contributed by atoms with Crippen molar-refractivity contribution in [3.05, 3.63) is 77.9 Å². The number of amides is 1. The summed E-state index contributed by atoms with van der Waals surface area (Å²) in [6.07, 6.45) is 3.46. The first-order valence-electron chi connectivity index (χ1n) is 10.0. The van der Waals surface area contributed by atoms with Crippen molar-refractivity contribution < 1.29 is 18.0 Å². The molecular formula is C23H21F3N4O. The van der Waals surface area contributed by atoms with Crippen molar-refractivity contribution in [3.63, 3.8) is 0 Å². The average molecular weight is 426 g/mol. The zero-order chi connectivity index (χ0) is 21.8. The molecule has 31 heavy (non-hydrogen) atoms.